The Labute approximate surface area is 299 Å². The Balaban J connectivity index is 1.98. The summed E-state index contributed by atoms with van der Waals surface area (Å²) < 4.78 is 11.9. The normalized spacial score (nSPS) is 42.7. The van der Waals surface area contributed by atoms with Crippen molar-refractivity contribution in [1.29, 1.82) is 0 Å². The molecule has 0 radical (unpaired) electrons. The number of aliphatic hydroxyl groups is 3. The average Bonchev–Trinajstić information content (AvgIpc) is 3.45. The summed E-state index contributed by atoms with van der Waals surface area (Å²) in [6, 6.07) is 0. The summed E-state index contributed by atoms with van der Waals surface area (Å²) >= 11 is 0. The van der Waals surface area contributed by atoms with E-state index in [4.69, 9.17) is 9.47 Å². The first kappa shape index (κ1) is 40.6. The maximum absolute atomic E-state index is 14.7. The van der Waals surface area contributed by atoms with E-state index in [0.29, 0.717) is 37.7 Å². The number of carbonyl (C=O) groups excluding carboxylic acids is 4. The number of aliphatic hydroxyl groups excluding tert-OH is 2. The van der Waals surface area contributed by atoms with Crippen LogP contribution in [0.25, 0.3) is 0 Å². The molecule has 0 spiro atoms. The lowest BCUT2D eigenvalue weighted by Gasteiger charge is -2.49. The molecule has 4 rings (SSSR count). The van der Waals surface area contributed by atoms with E-state index < -0.39 is 58.7 Å². The van der Waals surface area contributed by atoms with Gasteiger partial charge in [0.05, 0.1) is 42.0 Å². The summed E-state index contributed by atoms with van der Waals surface area (Å²) in [4.78, 5) is 57.4. The molecule has 0 aromatic carbocycles. The maximum Gasteiger partial charge on any atom is 0.313 e. The second-order valence-corrected chi connectivity index (χ2v) is 17.4. The maximum atomic E-state index is 14.7. The molecule has 11 atom stereocenters. The van der Waals surface area contributed by atoms with E-state index in [9.17, 15) is 34.5 Å². The van der Waals surface area contributed by atoms with Gasteiger partial charge in [0.1, 0.15) is 17.3 Å². The van der Waals surface area contributed by atoms with Crippen LogP contribution < -0.4 is 0 Å². The minimum Gasteiger partial charge on any atom is -0.469 e. The molecule has 50 heavy (non-hydrogen) atoms. The van der Waals surface area contributed by atoms with Crippen LogP contribution in [-0.4, -0.2) is 75.3 Å². The molecule has 2 aliphatic carbocycles. The molecule has 0 unspecified atom stereocenters. The molecule has 3 N–H and O–H groups in total. The molecule has 9 nitrogen and oxygen atoms in total. The van der Waals surface area contributed by atoms with Gasteiger partial charge in [0, 0.05) is 49.4 Å². The van der Waals surface area contributed by atoms with Gasteiger partial charge in [-0.3, -0.25) is 19.2 Å². The summed E-state index contributed by atoms with van der Waals surface area (Å²) in [7, 11) is 1.27. The van der Waals surface area contributed by atoms with Crippen molar-refractivity contribution in [2.75, 3.05) is 7.11 Å². The van der Waals surface area contributed by atoms with Crippen LogP contribution in [0.5, 0.6) is 0 Å². The van der Waals surface area contributed by atoms with Crippen LogP contribution >= 0.6 is 0 Å². The molecule has 1 saturated heterocycles. The van der Waals surface area contributed by atoms with Crippen molar-refractivity contribution in [3.05, 3.63) is 22.8 Å². The number of hydrogen-bond donors (Lipinski definition) is 3. The van der Waals surface area contributed by atoms with E-state index in [1.807, 2.05) is 54.5 Å². The number of fused-ring (bicyclic) bond motifs is 5. The first-order valence-electron chi connectivity index (χ1n) is 19.1. The largest absolute Gasteiger partial charge is 0.469 e. The number of ether oxygens (including phenoxy) is 2. The predicted molar refractivity (Wildman–Crippen MR) is 191 cm³/mol. The van der Waals surface area contributed by atoms with Gasteiger partial charge in [-0.1, -0.05) is 57.8 Å². The summed E-state index contributed by atoms with van der Waals surface area (Å²) in [5.74, 6) is -3.92. The highest BCUT2D eigenvalue weighted by atomic mass is 16.5. The van der Waals surface area contributed by atoms with Crippen LogP contribution in [0, 0.1) is 40.9 Å². The van der Waals surface area contributed by atoms with Gasteiger partial charge in [0.15, 0.2) is 0 Å². The molecule has 2 fully saturated rings. The summed E-state index contributed by atoms with van der Waals surface area (Å²) in [5.41, 5.74) is -1.96. The minimum atomic E-state index is -1.70. The highest BCUT2D eigenvalue weighted by molar-refractivity contribution is 5.97. The molecule has 2 heterocycles. The number of ketones is 3. The minimum absolute atomic E-state index is 0.00387. The Bertz CT molecular complexity index is 1360. The lowest BCUT2D eigenvalue weighted by Crippen LogP contribution is -2.55. The summed E-state index contributed by atoms with van der Waals surface area (Å²) in [6.45, 7) is 15.0. The highest BCUT2D eigenvalue weighted by Crippen LogP contribution is 2.56. The number of Topliss-reactive ketones (excluding diaryl/α,β-unsaturated/α-hetero) is 3. The van der Waals surface area contributed by atoms with Crippen LogP contribution in [0.1, 0.15) is 132 Å². The van der Waals surface area contributed by atoms with Gasteiger partial charge in [0.2, 0.25) is 0 Å². The standard InChI is InChI=1S/C41H64O9/c1-23(2)28-20-31(42)26(5)12-10-11-24(3)18-32(43)29-19-27(6)37-30(41(29,22-33(28)44)38(47)49-9)17-25(4)13-14-35(46)40(8)16-15-36(50-40)39(7,48)21-34(37)45/h17,23-24,26,28-30,34-36,45-46,48H,10-16,18-22H2,1-9H3/b25-17+/t24-,26+,28-,29+,30-,34+,35+,36+,39+,40+,41+/m0/s1. The first-order chi connectivity index (χ1) is 23.3. The monoisotopic (exact) mass is 700 g/mol. The van der Waals surface area contributed by atoms with Crippen molar-refractivity contribution in [2.24, 2.45) is 40.9 Å². The topological polar surface area (TPSA) is 147 Å². The molecule has 0 aromatic heterocycles. The lowest BCUT2D eigenvalue weighted by molar-refractivity contribution is -0.169. The van der Waals surface area contributed by atoms with E-state index in [-0.39, 0.29) is 67.2 Å². The van der Waals surface area contributed by atoms with Crippen LogP contribution in [0.4, 0.5) is 0 Å². The van der Waals surface area contributed by atoms with E-state index in [2.05, 4.69) is 0 Å². The smallest absolute Gasteiger partial charge is 0.313 e. The molecule has 4 aliphatic rings. The SMILES string of the molecule is COC(=O)[C@]12CC(=O)[C@H](C(C)C)CC(=O)[C@H](C)CCC[C@H](C)CC(=O)[C@H]1CC(C)=C1[C@H](O)C[C@@](C)(O)[C@H]3CC[C@@](C)(O3)[C@H](O)CC/C(C)=C/[C@@H]12. The van der Waals surface area contributed by atoms with E-state index in [1.54, 1.807) is 6.92 Å². The highest BCUT2D eigenvalue weighted by Gasteiger charge is 2.60. The second-order valence-electron chi connectivity index (χ2n) is 17.4. The quantitative estimate of drug-likeness (QED) is 0.225. The molecule has 0 amide bonds. The van der Waals surface area contributed by atoms with Gasteiger partial charge >= 0.3 is 5.97 Å². The second kappa shape index (κ2) is 15.8. The third-order valence-electron chi connectivity index (χ3n) is 13.0. The first-order valence-corrected chi connectivity index (χ1v) is 19.1. The molecule has 9 heteroatoms. The zero-order valence-corrected chi connectivity index (χ0v) is 32.0. The Hall–Kier alpha value is -2.20. The van der Waals surface area contributed by atoms with Gasteiger partial charge < -0.3 is 24.8 Å². The number of hydrogen-bond acceptors (Lipinski definition) is 9. The van der Waals surface area contributed by atoms with Crippen molar-refractivity contribution in [2.45, 2.75) is 162 Å². The molecule has 0 aromatic rings. The van der Waals surface area contributed by atoms with Crippen molar-refractivity contribution in [3.63, 3.8) is 0 Å². The van der Waals surface area contributed by atoms with Crippen LogP contribution in [-0.2, 0) is 28.7 Å². The van der Waals surface area contributed by atoms with Gasteiger partial charge in [-0.25, -0.2) is 0 Å². The number of esters is 1. The Morgan fingerprint density at radius 1 is 0.960 bits per heavy atom. The summed E-state index contributed by atoms with van der Waals surface area (Å²) in [6.07, 6.45) is 3.32. The third kappa shape index (κ3) is 8.21. The molecule has 2 aliphatic heterocycles. The fourth-order valence-electron chi connectivity index (χ4n) is 9.56. The summed E-state index contributed by atoms with van der Waals surface area (Å²) in [5, 5.41) is 35.4. The Kier molecular flexibility index (Phi) is 12.8. The third-order valence-corrected chi connectivity index (χ3v) is 13.0. The van der Waals surface area contributed by atoms with Gasteiger partial charge in [-0.2, -0.15) is 0 Å². The molecule has 2 bridgehead atoms. The molecule has 282 valence electrons. The zero-order valence-electron chi connectivity index (χ0n) is 32.0. The van der Waals surface area contributed by atoms with Crippen molar-refractivity contribution in [3.8, 4) is 0 Å². The number of methoxy groups -OCH3 is 1. The average molecular weight is 701 g/mol. The number of allylic oxidation sites excluding steroid dienone is 3. The van der Waals surface area contributed by atoms with Gasteiger partial charge in [-0.15, -0.1) is 0 Å². The van der Waals surface area contributed by atoms with Gasteiger partial charge in [0.25, 0.3) is 0 Å². The van der Waals surface area contributed by atoms with Crippen LogP contribution in [0.2, 0.25) is 0 Å². The van der Waals surface area contributed by atoms with Crippen molar-refractivity contribution in [1.82, 2.24) is 0 Å². The predicted octanol–water partition coefficient (Wildman–Crippen LogP) is 6.25. The fraction of sp³-hybridized carbons (Fsp3) is 0.805. The Morgan fingerprint density at radius 2 is 1.64 bits per heavy atom. The van der Waals surface area contributed by atoms with E-state index >= 15 is 0 Å². The number of carbonyl (C=O) groups is 4. The molecular weight excluding hydrogens is 636 g/mol. The van der Waals surface area contributed by atoms with E-state index in [0.717, 1.165) is 24.0 Å². The Morgan fingerprint density at radius 3 is 2.28 bits per heavy atom. The van der Waals surface area contributed by atoms with Crippen LogP contribution in [0.3, 0.4) is 0 Å². The number of rotatable bonds is 2. The molecule has 1 saturated carbocycles. The van der Waals surface area contributed by atoms with Crippen molar-refractivity contribution >= 4 is 23.3 Å². The fourth-order valence-corrected chi connectivity index (χ4v) is 9.56. The van der Waals surface area contributed by atoms with Gasteiger partial charge in [-0.05, 0) is 83.6 Å². The van der Waals surface area contributed by atoms with Crippen LogP contribution in [0.15, 0.2) is 22.8 Å². The van der Waals surface area contributed by atoms with Crippen molar-refractivity contribution < 1.29 is 44.0 Å². The zero-order chi connectivity index (χ0) is 37.3. The van der Waals surface area contributed by atoms with E-state index in [1.165, 1.54) is 7.11 Å². The molecular formula is C41H64O9. The lowest BCUT2D eigenvalue weighted by atomic mass is 9.52.